The number of benzene rings is 1. The van der Waals surface area contributed by atoms with Crippen LogP contribution < -0.4 is 4.90 Å². The number of nitrogens with zero attached hydrogens (tertiary/aromatic N) is 2. The lowest BCUT2D eigenvalue weighted by molar-refractivity contribution is -0.147. The Labute approximate surface area is 121 Å². The van der Waals surface area contributed by atoms with E-state index in [0.29, 0.717) is 12.2 Å². The third kappa shape index (κ3) is 3.30. The molecule has 0 aromatic heterocycles. The van der Waals surface area contributed by atoms with Crippen molar-refractivity contribution in [3.05, 3.63) is 30.1 Å². The number of aliphatic carboxylic acids is 1. The second kappa shape index (κ2) is 6.53. The second-order valence-electron chi connectivity index (χ2n) is 4.63. The summed E-state index contributed by atoms with van der Waals surface area (Å²) in [6, 6.07) is 4.18. The van der Waals surface area contributed by atoms with Gasteiger partial charge in [-0.05, 0) is 25.1 Å². The number of carboxylic acids is 1. The lowest BCUT2D eigenvalue weighted by atomic mass is 10.2. The van der Waals surface area contributed by atoms with Gasteiger partial charge < -0.3 is 14.7 Å². The van der Waals surface area contributed by atoms with Crippen LogP contribution in [0.15, 0.2) is 24.3 Å². The number of ether oxygens (including phenoxy) is 1. The molecule has 0 radical (unpaired) electrons. The van der Waals surface area contributed by atoms with E-state index in [0.717, 1.165) is 0 Å². The van der Waals surface area contributed by atoms with Crippen LogP contribution in [-0.4, -0.2) is 54.4 Å². The number of urea groups is 1. The summed E-state index contributed by atoms with van der Waals surface area (Å²) in [5.41, 5.74) is 0.401. The molecule has 1 atom stereocenters. The van der Waals surface area contributed by atoms with Crippen molar-refractivity contribution in [2.24, 2.45) is 0 Å². The van der Waals surface area contributed by atoms with Gasteiger partial charge in [-0.25, -0.2) is 14.0 Å². The van der Waals surface area contributed by atoms with Gasteiger partial charge in [-0.2, -0.15) is 0 Å². The van der Waals surface area contributed by atoms with Gasteiger partial charge in [0.2, 0.25) is 0 Å². The summed E-state index contributed by atoms with van der Waals surface area (Å²) < 4.78 is 18.4. The maximum atomic E-state index is 13.3. The Morgan fingerprint density at radius 2 is 2.29 bits per heavy atom. The number of halogens is 1. The fourth-order valence-corrected chi connectivity index (χ4v) is 2.26. The van der Waals surface area contributed by atoms with E-state index >= 15 is 0 Å². The van der Waals surface area contributed by atoms with E-state index in [1.54, 1.807) is 13.0 Å². The van der Waals surface area contributed by atoms with Gasteiger partial charge in [-0.1, -0.05) is 6.07 Å². The Balaban J connectivity index is 2.24. The minimum atomic E-state index is -1.11. The molecule has 1 aromatic carbocycles. The zero-order valence-corrected chi connectivity index (χ0v) is 11.7. The van der Waals surface area contributed by atoms with Crippen molar-refractivity contribution in [1.29, 1.82) is 0 Å². The number of hydrogen-bond donors (Lipinski definition) is 1. The number of carboxylic acid groups (broad SMARTS) is 1. The molecular formula is C14H17FN2O4. The summed E-state index contributed by atoms with van der Waals surface area (Å²) in [6.45, 7) is 2.50. The predicted molar refractivity (Wildman–Crippen MR) is 73.8 cm³/mol. The first kappa shape index (κ1) is 15.2. The molecule has 1 unspecified atom stereocenters. The molecule has 2 rings (SSSR count). The molecule has 0 aliphatic carbocycles. The van der Waals surface area contributed by atoms with Gasteiger partial charge >= 0.3 is 12.0 Å². The molecule has 1 fully saturated rings. The van der Waals surface area contributed by atoms with E-state index in [1.807, 2.05) is 0 Å². The Kier molecular flexibility index (Phi) is 4.74. The highest BCUT2D eigenvalue weighted by Gasteiger charge is 2.35. The first-order valence-electron chi connectivity index (χ1n) is 6.69. The first-order chi connectivity index (χ1) is 10.0. The first-order valence-corrected chi connectivity index (χ1v) is 6.69. The van der Waals surface area contributed by atoms with Crippen LogP contribution >= 0.6 is 0 Å². The van der Waals surface area contributed by atoms with Gasteiger partial charge in [0, 0.05) is 18.8 Å². The molecule has 1 heterocycles. The highest BCUT2D eigenvalue weighted by Crippen LogP contribution is 2.19. The highest BCUT2D eigenvalue weighted by molar-refractivity contribution is 5.94. The fraction of sp³-hybridized carbons (Fsp3) is 0.429. The number of rotatable bonds is 3. The molecule has 6 nitrogen and oxygen atoms in total. The lowest BCUT2D eigenvalue weighted by Crippen LogP contribution is -2.56. The van der Waals surface area contributed by atoms with Gasteiger partial charge in [0.25, 0.3) is 0 Å². The van der Waals surface area contributed by atoms with Gasteiger partial charge in [-0.3, -0.25) is 4.90 Å². The van der Waals surface area contributed by atoms with Gasteiger partial charge in [0.1, 0.15) is 5.82 Å². The van der Waals surface area contributed by atoms with Crippen LogP contribution in [0.5, 0.6) is 0 Å². The van der Waals surface area contributed by atoms with Gasteiger partial charge in [-0.15, -0.1) is 0 Å². The molecule has 114 valence electrons. The SMILES string of the molecule is CCN(C(=O)N1CCOCC1C(=O)O)c1cccc(F)c1. The van der Waals surface area contributed by atoms with Crippen LogP contribution in [-0.2, 0) is 9.53 Å². The molecular weight excluding hydrogens is 279 g/mol. The molecule has 1 aliphatic rings. The monoisotopic (exact) mass is 296 g/mol. The van der Waals surface area contributed by atoms with Crippen LogP contribution in [0.4, 0.5) is 14.9 Å². The van der Waals surface area contributed by atoms with Crippen molar-refractivity contribution in [2.75, 3.05) is 31.2 Å². The normalized spacial score (nSPS) is 18.4. The molecule has 0 saturated carbocycles. The van der Waals surface area contributed by atoms with Crippen molar-refractivity contribution in [3.8, 4) is 0 Å². The zero-order valence-electron chi connectivity index (χ0n) is 11.7. The van der Waals surface area contributed by atoms with E-state index in [-0.39, 0.29) is 19.8 Å². The molecule has 1 saturated heterocycles. The summed E-state index contributed by atoms with van der Waals surface area (Å²) >= 11 is 0. The summed E-state index contributed by atoms with van der Waals surface area (Å²) in [7, 11) is 0. The molecule has 2 amide bonds. The minimum absolute atomic E-state index is 0.0399. The number of hydrogen-bond acceptors (Lipinski definition) is 3. The van der Waals surface area contributed by atoms with Crippen molar-refractivity contribution < 1.29 is 23.8 Å². The smallest absolute Gasteiger partial charge is 0.328 e. The maximum absolute atomic E-state index is 13.3. The van der Waals surface area contributed by atoms with Crippen molar-refractivity contribution in [2.45, 2.75) is 13.0 Å². The van der Waals surface area contributed by atoms with E-state index in [9.17, 15) is 19.1 Å². The van der Waals surface area contributed by atoms with Crippen LogP contribution in [0.25, 0.3) is 0 Å². The summed E-state index contributed by atoms with van der Waals surface area (Å²) in [5, 5.41) is 9.17. The maximum Gasteiger partial charge on any atom is 0.328 e. The lowest BCUT2D eigenvalue weighted by Gasteiger charge is -2.36. The largest absolute Gasteiger partial charge is 0.480 e. The third-order valence-electron chi connectivity index (χ3n) is 3.33. The molecule has 1 aliphatic heterocycles. The van der Waals surface area contributed by atoms with E-state index in [4.69, 9.17) is 4.74 Å². The predicted octanol–water partition coefficient (Wildman–Crippen LogP) is 1.56. The Morgan fingerprint density at radius 1 is 1.52 bits per heavy atom. The molecule has 0 spiro atoms. The molecule has 0 bridgehead atoms. The number of morpholine rings is 1. The molecule has 1 aromatic rings. The van der Waals surface area contributed by atoms with E-state index in [2.05, 4.69) is 0 Å². The van der Waals surface area contributed by atoms with Crippen molar-refractivity contribution in [3.63, 3.8) is 0 Å². The van der Waals surface area contributed by atoms with E-state index in [1.165, 1.54) is 28.0 Å². The average molecular weight is 296 g/mol. The Bertz CT molecular complexity index is 537. The number of carbonyl (C=O) groups excluding carboxylic acids is 1. The van der Waals surface area contributed by atoms with Crippen LogP contribution in [0.2, 0.25) is 0 Å². The number of carbonyl (C=O) groups is 2. The summed E-state index contributed by atoms with van der Waals surface area (Å²) in [4.78, 5) is 26.4. The standard InChI is InChI=1S/C14H17FN2O4/c1-2-16(11-5-3-4-10(15)8-11)14(20)17-6-7-21-9-12(17)13(18)19/h3-5,8,12H,2,6-7,9H2,1H3,(H,18,19). The fourth-order valence-electron chi connectivity index (χ4n) is 2.26. The molecule has 7 heteroatoms. The summed E-state index contributed by atoms with van der Waals surface area (Å²) in [5.74, 6) is -1.56. The van der Waals surface area contributed by atoms with Crippen molar-refractivity contribution >= 4 is 17.7 Å². The average Bonchev–Trinajstić information content (AvgIpc) is 2.48. The van der Waals surface area contributed by atoms with Crippen LogP contribution in [0, 0.1) is 5.82 Å². The number of amides is 2. The van der Waals surface area contributed by atoms with E-state index < -0.39 is 23.9 Å². The van der Waals surface area contributed by atoms with Crippen LogP contribution in [0.1, 0.15) is 6.92 Å². The Hall–Kier alpha value is -2.15. The third-order valence-corrected chi connectivity index (χ3v) is 3.33. The van der Waals surface area contributed by atoms with Gasteiger partial charge in [0.15, 0.2) is 6.04 Å². The number of anilines is 1. The zero-order chi connectivity index (χ0) is 15.4. The topological polar surface area (TPSA) is 70.1 Å². The summed E-state index contributed by atoms with van der Waals surface area (Å²) in [6.07, 6.45) is 0. The van der Waals surface area contributed by atoms with Crippen molar-refractivity contribution in [1.82, 2.24) is 4.90 Å². The Morgan fingerprint density at radius 3 is 2.90 bits per heavy atom. The molecule has 21 heavy (non-hydrogen) atoms. The minimum Gasteiger partial charge on any atom is -0.480 e. The van der Waals surface area contributed by atoms with Gasteiger partial charge in [0.05, 0.1) is 13.2 Å². The highest BCUT2D eigenvalue weighted by atomic mass is 19.1. The quantitative estimate of drug-likeness (QED) is 0.919. The molecule has 1 N–H and O–H groups in total. The second-order valence-corrected chi connectivity index (χ2v) is 4.63. The van der Waals surface area contributed by atoms with Crippen LogP contribution in [0.3, 0.4) is 0 Å².